The molecule has 2 saturated heterocycles. The summed E-state index contributed by atoms with van der Waals surface area (Å²) >= 11 is 0. The zero-order chi connectivity index (χ0) is 19.3. The Morgan fingerprint density at radius 3 is 2.96 bits per heavy atom. The number of ether oxygens (including phenoxy) is 2. The molecule has 5 rings (SSSR count). The zero-order valence-electron chi connectivity index (χ0n) is 17.0. The van der Waals surface area contributed by atoms with Crippen LogP contribution in [-0.2, 0) is 17.6 Å². The van der Waals surface area contributed by atoms with E-state index in [1.165, 1.54) is 31.2 Å². The predicted octanol–water partition coefficient (Wildman–Crippen LogP) is 4.43. The highest BCUT2D eigenvalue weighted by Gasteiger charge is 2.52. The van der Waals surface area contributed by atoms with Gasteiger partial charge in [-0.2, -0.15) is 0 Å². The molecule has 4 heterocycles. The number of carbonyl (C=O) groups is 1. The maximum atomic E-state index is 12.8. The number of nitrogens with one attached hydrogen (secondary N) is 1. The molecular weight excluding hydrogens is 352 g/mol. The van der Waals surface area contributed by atoms with Crippen LogP contribution in [0.5, 0.6) is 5.75 Å². The number of aromatic nitrogens is 1. The van der Waals surface area contributed by atoms with E-state index < -0.39 is 0 Å². The highest BCUT2D eigenvalue weighted by molar-refractivity contribution is 6.07. The molecule has 3 aliphatic heterocycles. The lowest BCUT2D eigenvalue weighted by molar-refractivity contribution is -0.177. The first-order valence-corrected chi connectivity index (χ1v) is 11.0. The number of piperidine rings is 2. The van der Waals surface area contributed by atoms with Crippen molar-refractivity contribution in [3.63, 3.8) is 0 Å². The van der Waals surface area contributed by atoms with E-state index in [2.05, 4.69) is 28.9 Å². The van der Waals surface area contributed by atoms with Crippen LogP contribution in [0.2, 0.25) is 0 Å². The van der Waals surface area contributed by atoms with Crippen LogP contribution in [0.3, 0.4) is 0 Å². The van der Waals surface area contributed by atoms with Crippen molar-refractivity contribution >= 4 is 16.9 Å². The fourth-order valence-electron chi connectivity index (χ4n) is 5.83. The summed E-state index contributed by atoms with van der Waals surface area (Å²) in [4.78, 5) is 18.9. The molecule has 28 heavy (non-hydrogen) atoms. The molecule has 3 aliphatic rings. The molecule has 0 saturated carbocycles. The molecular formula is C23H30N2O3. The molecule has 5 heteroatoms. The van der Waals surface area contributed by atoms with Gasteiger partial charge in [0.2, 0.25) is 0 Å². The lowest BCUT2D eigenvalue weighted by atomic mass is 9.74. The van der Waals surface area contributed by atoms with Gasteiger partial charge in [0.15, 0.2) is 5.72 Å². The van der Waals surface area contributed by atoms with Crippen LogP contribution in [0, 0.1) is 5.92 Å². The minimum Gasteiger partial charge on any atom is -0.472 e. The molecule has 5 nitrogen and oxygen atoms in total. The maximum Gasteiger partial charge on any atom is 0.340 e. The Kier molecular flexibility index (Phi) is 4.38. The Hall–Kier alpha value is -2.01. The number of H-pyrrole nitrogens is 1. The lowest BCUT2D eigenvalue weighted by Crippen LogP contribution is -2.64. The molecule has 2 atom stereocenters. The van der Waals surface area contributed by atoms with Crippen molar-refractivity contribution in [1.29, 1.82) is 0 Å². The summed E-state index contributed by atoms with van der Waals surface area (Å²) < 4.78 is 12.2. The van der Waals surface area contributed by atoms with E-state index in [-0.39, 0.29) is 11.7 Å². The summed E-state index contributed by atoms with van der Waals surface area (Å²) in [6.45, 7) is 6.62. The molecule has 2 fully saturated rings. The second-order valence-corrected chi connectivity index (χ2v) is 8.45. The average molecular weight is 383 g/mol. The number of rotatable bonds is 3. The second-order valence-electron chi connectivity index (χ2n) is 8.45. The number of carbonyl (C=O) groups excluding carboxylic acids is 1. The van der Waals surface area contributed by atoms with Crippen molar-refractivity contribution in [3.05, 3.63) is 29.0 Å². The van der Waals surface area contributed by atoms with Crippen LogP contribution in [0.1, 0.15) is 67.6 Å². The first-order valence-electron chi connectivity index (χ1n) is 11.0. The van der Waals surface area contributed by atoms with Gasteiger partial charge in [-0.15, -0.1) is 0 Å². The third-order valence-electron chi connectivity index (χ3n) is 7.04. The van der Waals surface area contributed by atoms with E-state index in [1.54, 1.807) is 0 Å². The molecule has 1 aromatic carbocycles. The quantitative estimate of drug-likeness (QED) is 0.798. The first-order chi connectivity index (χ1) is 13.7. The standard InChI is InChI=1S/C23H30N2O3/c1-3-17-21(22(26)27-4-2)20-16-14-15-8-7-13-25-12-6-5-11-23(15,25)28-19(16)10-9-18(20)24-17/h9-10,15,24H,3-8,11-14H2,1-2H3. The van der Waals surface area contributed by atoms with Crippen LogP contribution in [-0.4, -0.2) is 41.3 Å². The van der Waals surface area contributed by atoms with E-state index >= 15 is 0 Å². The summed E-state index contributed by atoms with van der Waals surface area (Å²) in [5, 5.41) is 1.02. The molecule has 0 bridgehead atoms. The maximum absolute atomic E-state index is 12.8. The van der Waals surface area contributed by atoms with Gasteiger partial charge in [-0.25, -0.2) is 4.79 Å². The van der Waals surface area contributed by atoms with E-state index in [0.717, 1.165) is 54.7 Å². The SMILES string of the molecule is CCOC(=O)c1c(CC)[nH]c2ccc3c(c12)CC1CCCN2CCCCC12O3. The summed E-state index contributed by atoms with van der Waals surface area (Å²) in [6, 6.07) is 4.18. The van der Waals surface area contributed by atoms with Crippen LogP contribution in [0.15, 0.2) is 12.1 Å². The number of fused-ring (bicyclic) bond motifs is 3. The molecule has 150 valence electrons. The van der Waals surface area contributed by atoms with Crippen LogP contribution >= 0.6 is 0 Å². The smallest absolute Gasteiger partial charge is 0.340 e. The minimum absolute atomic E-state index is 0.134. The molecule has 0 amide bonds. The largest absolute Gasteiger partial charge is 0.472 e. The first kappa shape index (κ1) is 18.0. The van der Waals surface area contributed by atoms with Gasteiger partial charge in [0.05, 0.1) is 12.2 Å². The Bertz CT molecular complexity index is 916. The fourth-order valence-corrected chi connectivity index (χ4v) is 5.83. The Morgan fingerprint density at radius 1 is 1.29 bits per heavy atom. The minimum atomic E-state index is -0.220. The lowest BCUT2D eigenvalue weighted by Gasteiger charge is -2.56. The van der Waals surface area contributed by atoms with Gasteiger partial charge >= 0.3 is 5.97 Å². The van der Waals surface area contributed by atoms with E-state index in [9.17, 15) is 4.79 Å². The van der Waals surface area contributed by atoms with E-state index in [4.69, 9.17) is 9.47 Å². The van der Waals surface area contributed by atoms with Crippen LogP contribution < -0.4 is 4.74 Å². The number of benzene rings is 1. The number of aryl methyl sites for hydroxylation is 1. The van der Waals surface area contributed by atoms with Gasteiger partial charge in [0, 0.05) is 47.6 Å². The van der Waals surface area contributed by atoms with Crippen molar-refractivity contribution < 1.29 is 14.3 Å². The Balaban J connectivity index is 1.66. The Labute approximate surface area is 166 Å². The highest BCUT2D eigenvalue weighted by atomic mass is 16.5. The third kappa shape index (κ3) is 2.52. The topological polar surface area (TPSA) is 54.6 Å². The van der Waals surface area contributed by atoms with Gasteiger partial charge in [0.25, 0.3) is 0 Å². The monoisotopic (exact) mass is 382 g/mol. The molecule has 1 N–H and O–H groups in total. The number of aromatic amines is 1. The van der Waals surface area contributed by atoms with E-state index in [0.29, 0.717) is 18.1 Å². The highest BCUT2D eigenvalue weighted by Crippen LogP contribution is 2.50. The van der Waals surface area contributed by atoms with Crippen LogP contribution in [0.4, 0.5) is 0 Å². The van der Waals surface area contributed by atoms with Crippen molar-refractivity contribution in [2.45, 2.75) is 64.5 Å². The van der Waals surface area contributed by atoms with Gasteiger partial charge in [-0.05, 0) is 57.6 Å². The average Bonchev–Trinajstić information content (AvgIpc) is 3.10. The van der Waals surface area contributed by atoms with Gasteiger partial charge in [-0.3, -0.25) is 4.90 Å². The van der Waals surface area contributed by atoms with Gasteiger partial charge in [-0.1, -0.05) is 6.92 Å². The normalized spacial score (nSPS) is 26.9. The third-order valence-corrected chi connectivity index (χ3v) is 7.04. The number of hydrogen-bond donors (Lipinski definition) is 1. The van der Waals surface area contributed by atoms with Crippen LogP contribution in [0.25, 0.3) is 10.9 Å². The Morgan fingerprint density at radius 2 is 2.14 bits per heavy atom. The zero-order valence-corrected chi connectivity index (χ0v) is 17.0. The number of hydrogen-bond acceptors (Lipinski definition) is 4. The molecule has 1 aromatic heterocycles. The van der Waals surface area contributed by atoms with Crippen molar-refractivity contribution in [3.8, 4) is 5.75 Å². The number of nitrogens with zero attached hydrogens (tertiary/aromatic N) is 1. The molecule has 0 aliphatic carbocycles. The number of esters is 1. The second kappa shape index (κ2) is 6.80. The van der Waals surface area contributed by atoms with Crippen molar-refractivity contribution in [1.82, 2.24) is 9.88 Å². The summed E-state index contributed by atoms with van der Waals surface area (Å²) in [6.07, 6.45) is 7.83. The van der Waals surface area contributed by atoms with Gasteiger partial charge in [0.1, 0.15) is 5.75 Å². The molecule has 0 radical (unpaired) electrons. The predicted molar refractivity (Wildman–Crippen MR) is 109 cm³/mol. The van der Waals surface area contributed by atoms with Crippen molar-refractivity contribution in [2.75, 3.05) is 19.7 Å². The molecule has 1 spiro atoms. The van der Waals surface area contributed by atoms with Crippen molar-refractivity contribution in [2.24, 2.45) is 5.92 Å². The fraction of sp³-hybridized carbons (Fsp3) is 0.609. The molecule has 2 aromatic rings. The summed E-state index contributed by atoms with van der Waals surface area (Å²) in [5.41, 5.74) is 3.76. The summed E-state index contributed by atoms with van der Waals surface area (Å²) in [5.74, 6) is 1.24. The van der Waals surface area contributed by atoms with E-state index in [1.807, 2.05) is 6.92 Å². The summed E-state index contributed by atoms with van der Waals surface area (Å²) in [7, 11) is 0. The molecule has 2 unspecified atom stereocenters. The van der Waals surface area contributed by atoms with Gasteiger partial charge < -0.3 is 14.5 Å².